The van der Waals surface area contributed by atoms with Crippen molar-refractivity contribution in [3.63, 3.8) is 0 Å². The molecule has 0 aromatic carbocycles. The van der Waals surface area contributed by atoms with Gasteiger partial charge in [-0.25, -0.2) is 4.79 Å². The quantitative estimate of drug-likeness (QED) is 0.735. The zero-order valence-corrected chi connectivity index (χ0v) is 10.3. The van der Waals surface area contributed by atoms with Crippen LogP contribution in [-0.2, 0) is 4.74 Å². The smallest absolute Gasteiger partial charge is 0.412 e. The van der Waals surface area contributed by atoms with Crippen LogP contribution in [0, 0.1) is 5.92 Å². The third kappa shape index (κ3) is 3.52. The van der Waals surface area contributed by atoms with Gasteiger partial charge >= 0.3 is 6.09 Å². The maximum absolute atomic E-state index is 11.7. The zero-order valence-electron chi connectivity index (χ0n) is 10.3. The van der Waals surface area contributed by atoms with Crippen molar-refractivity contribution >= 4 is 6.09 Å². The van der Waals surface area contributed by atoms with Gasteiger partial charge in [0.2, 0.25) is 0 Å². The average molecular weight is 227 g/mol. The average Bonchev–Trinajstić information content (AvgIpc) is 2.44. The molecular weight excluding hydrogens is 206 g/mol. The molecule has 92 valence electrons. The van der Waals surface area contributed by atoms with Crippen LogP contribution in [0.2, 0.25) is 0 Å². The lowest BCUT2D eigenvalue weighted by molar-refractivity contribution is -0.0128. The number of amides is 1. The molecule has 1 rings (SSSR count). The van der Waals surface area contributed by atoms with E-state index in [2.05, 4.69) is 6.58 Å². The minimum absolute atomic E-state index is 0.292. The van der Waals surface area contributed by atoms with Crippen molar-refractivity contribution in [1.82, 2.24) is 4.90 Å². The third-order valence-corrected chi connectivity index (χ3v) is 2.49. The minimum atomic E-state index is -0.722. The Bertz CT molecular complexity index is 270. The molecule has 1 aliphatic heterocycles. The van der Waals surface area contributed by atoms with Crippen LogP contribution in [0.1, 0.15) is 33.6 Å². The van der Waals surface area contributed by atoms with Gasteiger partial charge in [0.1, 0.15) is 11.8 Å². The molecule has 2 atom stereocenters. The van der Waals surface area contributed by atoms with Crippen molar-refractivity contribution in [1.29, 1.82) is 0 Å². The highest BCUT2D eigenvalue weighted by atomic mass is 16.6. The molecule has 16 heavy (non-hydrogen) atoms. The zero-order chi connectivity index (χ0) is 12.3. The Balaban J connectivity index is 2.54. The van der Waals surface area contributed by atoms with Crippen LogP contribution in [0.3, 0.4) is 0 Å². The standard InChI is InChI=1S/C12H21NO3/c1-5-6-9-7-10(14)13(8-9)11(15)16-12(2,3)4/h5,9-10,14H,1,6-8H2,2-4H3/t9-,10?/m0/s1. The fourth-order valence-electron chi connectivity index (χ4n) is 1.82. The number of aliphatic hydroxyl groups is 1. The molecule has 4 nitrogen and oxygen atoms in total. The second-order valence-corrected chi connectivity index (χ2v) is 5.24. The van der Waals surface area contributed by atoms with Gasteiger partial charge in [0.25, 0.3) is 0 Å². The Morgan fingerprint density at radius 1 is 1.62 bits per heavy atom. The number of carbonyl (C=O) groups excluding carboxylic acids is 1. The molecule has 0 bridgehead atoms. The molecule has 0 radical (unpaired) electrons. The first-order valence-electron chi connectivity index (χ1n) is 5.62. The summed E-state index contributed by atoms with van der Waals surface area (Å²) in [6.07, 6.45) is 2.07. The van der Waals surface area contributed by atoms with Crippen LogP contribution in [0.25, 0.3) is 0 Å². The van der Waals surface area contributed by atoms with E-state index in [1.165, 1.54) is 4.90 Å². The molecule has 1 saturated heterocycles. The number of aliphatic hydroxyl groups excluding tert-OH is 1. The second-order valence-electron chi connectivity index (χ2n) is 5.24. The Hall–Kier alpha value is -1.03. The van der Waals surface area contributed by atoms with E-state index in [1.54, 1.807) is 0 Å². The normalized spacial score (nSPS) is 25.6. The van der Waals surface area contributed by atoms with Gasteiger partial charge in [-0.3, -0.25) is 4.90 Å². The summed E-state index contributed by atoms with van der Waals surface area (Å²) in [5, 5.41) is 9.74. The van der Waals surface area contributed by atoms with Gasteiger partial charge in [0.15, 0.2) is 0 Å². The number of hydrogen-bond donors (Lipinski definition) is 1. The van der Waals surface area contributed by atoms with Crippen LogP contribution in [0.4, 0.5) is 4.79 Å². The molecule has 1 aliphatic rings. The van der Waals surface area contributed by atoms with Crippen molar-refractivity contribution < 1.29 is 14.6 Å². The van der Waals surface area contributed by atoms with Gasteiger partial charge in [-0.15, -0.1) is 6.58 Å². The molecule has 1 unspecified atom stereocenters. The molecule has 1 amide bonds. The largest absolute Gasteiger partial charge is 0.444 e. The summed E-state index contributed by atoms with van der Waals surface area (Å²) < 4.78 is 5.22. The summed E-state index contributed by atoms with van der Waals surface area (Å²) in [6.45, 7) is 9.65. The Morgan fingerprint density at radius 2 is 2.25 bits per heavy atom. The summed E-state index contributed by atoms with van der Waals surface area (Å²) in [4.78, 5) is 13.1. The lowest BCUT2D eigenvalue weighted by Gasteiger charge is -2.26. The predicted molar refractivity (Wildman–Crippen MR) is 61.9 cm³/mol. The van der Waals surface area contributed by atoms with Gasteiger partial charge in [-0.05, 0) is 39.5 Å². The van der Waals surface area contributed by atoms with E-state index >= 15 is 0 Å². The van der Waals surface area contributed by atoms with Gasteiger partial charge < -0.3 is 9.84 Å². The molecule has 1 heterocycles. The van der Waals surface area contributed by atoms with E-state index in [-0.39, 0.29) is 0 Å². The Morgan fingerprint density at radius 3 is 2.75 bits per heavy atom. The first kappa shape index (κ1) is 13.0. The molecular formula is C12H21NO3. The Kier molecular flexibility index (Phi) is 3.97. The predicted octanol–water partition coefficient (Wildman–Crippen LogP) is 2.14. The van der Waals surface area contributed by atoms with Crippen molar-refractivity contribution in [2.45, 2.75) is 45.4 Å². The summed E-state index contributed by atoms with van der Waals surface area (Å²) in [5.41, 5.74) is -0.521. The number of likely N-dealkylation sites (tertiary alicyclic amines) is 1. The fraction of sp³-hybridized carbons (Fsp3) is 0.750. The van der Waals surface area contributed by atoms with Crippen LogP contribution >= 0.6 is 0 Å². The molecule has 1 fully saturated rings. The first-order valence-corrected chi connectivity index (χ1v) is 5.62. The second kappa shape index (κ2) is 4.87. The van der Waals surface area contributed by atoms with Gasteiger partial charge in [0, 0.05) is 6.54 Å². The van der Waals surface area contributed by atoms with Crippen LogP contribution in [-0.4, -0.2) is 34.5 Å². The van der Waals surface area contributed by atoms with Crippen molar-refractivity contribution in [2.24, 2.45) is 5.92 Å². The minimum Gasteiger partial charge on any atom is -0.444 e. The maximum atomic E-state index is 11.7. The highest BCUT2D eigenvalue weighted by Crippen LogP contribution is 2.26. The Labute approximate surface area is 96.9 Å². The molecule has 0 aliphatic carbocycles. The van der Waals surface area contributed by atoms with E-state index in [4.69, 9.17) is 4.74 Å². The molecule has 4 heteroatoms. The molecule has 0 saturated carbocycles. The van der Waals surface area contributed by atoms with Crippen LogP contribution in [0.15, 0.2) is 12.7 Å². The summed E-state index contributed by atoms with van der Waals surface area (Å²) in [5.74, 6) is 0.292. The van der Waals surface area contributed by atoms with E-state index in [0.29, 0.717) is 18.9 Å². The number of ether oxygens (including phenoxy) is 1. The van der Waals surface area contributed by atoms with Crippen molar-refractivity contribution in [3.8, 4) is 0 Å². The summed E-state index contributed by atoms with van der Waals surface area (Å²) in [6, 6.07) is 0. The van der Waals surface area contributed by atoms with Crippen molar-refractivity contribution in [2.75, 3.05) is 6.54 Å². The topological polar surface area (TPSA) is 49.8 Å². The SMILES string of the molecule is C=CC[C@H]1CC(O)N(C(=O)OC(C)(C)C)C1. The van der Waals surface area contributed by atoms with Gasteiger partial charge in [0.05, 0.1) is 0 Å². The van der Waals surface area contributed by atoms with E-state index in [1.807, 2.05) is 26.8 Å². The van der Waals surface area contributed by atoms with Gasteiger partial charge in [-0.1, -0.05) is 6.08 Å². The van der Waals surface area contributed by atoms with Crippen LogP contribution in [0.5, 0.6) is 0 Å². The third-order valence-electron chi connectivity index (χ3n) is 2.49. The lowest BCUT2D eigenvalue weighted by Crippen LogP contribution is -2.39. The fourth-order valence-corrected chi connectivity index (χ4v) is 1.82. The van der Waals surface area contributed by atoms with E-state index < -0.39 is 17.9 Å². The number of hydrogen-bond acceptors (Lipinski definition) is 3. The summed E-state index contributed by atoms with van der Waals surface area (Å²) in [7, 11) is 0. The van der Waals surface area contributed by atoms with Gasteiger partial charge in [-0.2, -0.15) is 0 Å². The lowest BCUT2D eigenvalue weighted by atomic mass is 10.1. The highest BCUT2D eigenvalue weighted by molar-refractivity contribution is 5.68. The van der Waals surface area contributed by atoms with E-state index in [9.17, 15) is 9.90 Å². The first-order chi connectivity index (χ1) is 7.33. The number of rotatable bonds is 2. The number of carbonyl (C=O) groups is 1. The number of allylic oxidation sites excluding steroid dienone is 1. The maximum Gasteiger partial charge on any atom is 0.412 e. The summed E-state index contributed by atoms with van der Waals surface area (Å²) >= 11 is 0. The van der Waals surface area contributed by atoms with Crippen LogP contribution < -0.4 is 0 Å². The molecule has 0 aromatic heterocycles. The molecule has 0 aromatic rings. The monoisotopic (exact) mass is 227 g/mol. The van der Waals surface area contributed by atoms with Crippen molar-refractivity contribution in [3.05, 3.63) is 12.7 Å². The van der Waals surface area contributed by atoms with E-state index in [0.717, 1.165) is 6.42 Å². The number of nitrogens with zero attached hydrogens (tertiary/aromatic N) is 1. The molecule has 1 N–H and O–H groups in total. The molecule has 0 spiro atoms. The highest BCUT2D eigenvalue weighted by Gasteiger charge is 2.35.